The van der Waals surface area contributed by atoms with Crippen LogP contribution in [0.3, 0.4) is 0 Å². The van der Waals surface area contributed by atoms with Crippen molar-refractivity contribution < 1.29 is 19.2 Å². The van der Waals surface area contributed by atoms with Crippen LogP contribution in [0, 0.1) is 0 Å². The summed E-state index contributed by atoms with van der Waals surface area (Å²) in [5.41, 5.74) is 4.31. The Bertz CT molecular complexity index is 1110. The lowest BCUT2D eigenvalue weighted by atomic mass is 9.96. The Kier molecular flexibility index (Phi) is 6.18. The van der Waals surface area contributed by atoms with Crippen LogP contribution in [0.1, 0.15) is 36.0 Å². The number of likely N-dealkylation sites (tertiary alicyclic amines) is 1. The predicted octanol–water partition coefficient (Wildman–Crippen LogP) is 3.16. The molecule has 8 heteroatoms. The van der Waals surface area contributed by atoms with Crippen molar-refractivity contribution in [1.29, 1.82) is 0 Å². The van der Waals surface area contributed by atoms with E-state index in [4.69, 9.17) is 9.62 Å². The Hall–Kier alpha value is -3.78. The minimum absolute atomic E-state index is 0.0709. The van der Waals surface area contributed by atoms with Gasteiger partial charge in [-0.25, -0.2) is 15.4 Å². The Morgan fingerprint density at radius 3 is 2.42 bits per heavy atom. The number of carbonyl (C=O) groups is 2. The number of aromatic nitrogens is 2. The van der Waals surface area contributed by atoms with Gasteiger partial charge in [0.1, 0.15) is 5.52 Å². The van der Waals surface area contributed by atoms with Crippen molar-refractivity contribution in [3.63, 3.8) is 0 Å². The summed E-state index contributed by atoms with van der Waals surface area (Å²) in [5.74, 6) is 0.243. The van der Waals surface area contributed by atoms with Gasteiger partial charge in [0, 0.05) is 31.2 Å². The number of oxazole rings is 1. The number of carbonyl (C=O) groups excluding carboxylic acids is 2. The fourth-order valence-corrected chi connectivity index (χ4v) is 3.53. The molecule has 0 saturated carbocycles. The lowest BCUT2D eigenvalue weighted by Gasteiger charge is -2.29. The first-order chi connectivity index (χ1) is 15.1. The number of pyridine rings is 1. The first-order valence-corrected chi connectivity index (χ1v) is 10.0. The molecule has 1 fully saturated rings. The van der Waals surface area contributed by atoms with Crippen LogP contribution < -0.4 is 5.48 Å². The SMILES string of the molecule is O=C(/C=C/c1cccc(/C=C/C(=O)N2CCC(c3nc4ccccc4o3)CC2)n1)NO. The highest BCUT2D eigenvalue weighted by molar-refractivity contribution is 5.92. The van der Waals surface area contributed by atoms with Crippen molar-refractivity contribution in [2.75, 3.05) is 13.1 Å². The number of fused-ring (bicyclic) bond motifs is 1. The molecule has 31 heavy (non-hydrogen) atoms. The van der Waals surface area contributed by atoms with E-state index in [2.05, 4.69) is 9.97 Å². The monoisotopic (exact) mass is 418 g/mol. The Balaban J connectivity index is 1.34. The maximum Gasteiger partial charge on any atom is 0.267 e. The van der Waals surface area contributed by atoms with Gasteiger partial charge in [0.05, 0.1) is 11.4 Å². The van der Waals surface area contributed by atoms with E-state index in [9.17, 15) is 9.59 Å². The van der Waals surface area contributed by atoms with Crippen LogP contribution in [0.4, 0.5) is 0 Å². The molecule has 0 atom stereocenters. The van der Waals surface area contributed by atoms with Gasteiger partial charge in [-0.3, -0.25) is 14.8 Å². The summed E-state index contributed by atoms with van der Waals surface area (Å²) < 4.78 is 5.88. The van der Waals surface area contributed by atoms with Gasteiger partial charge >= 0.3 is 0 Å². The van der Waals surface area contributed by atoms with E-state index < -0.39 is 5.91 Å². The molecule has 0 radical (unpaired) electrons. The summed E-state index contributed by atoms with van der Waals surface area (Å²) in [6.45, 7) is 1.28. The second-order valence-corrected chi connectivity index (χ2v) is 7.25. The van der Waals surface area contributed by atoms with E-state index in [1.807, 2.05) is 29.2 Å². The molecular weight excluding hydrogens is 396 g/mol. The molecule has 2 N–H and O–H groups in total. The minimum atomic E-state index is -0.640. The van der Waals surface area contributed by atoms with E-state index in [1.165, 1.54) is 23.7 Å². The third kappa shape index (κ3) is 5.04. The smallest absolute Gasteiger partial charge is 0.267 e. The molecule has 1 aliphatic rings. The normalized spacial score (nSPS) is 15.2. The number of hydrogen-bond donors (Lipinski definition) is 2. The van der Waals surface area contributed by atoms with Gasteiger partial charge in [-0.2, -0.15) is 0 Å². The first kappa shape index (κ1) is 20.5. The van der Waals surface area contributed by atoms with E-state index in [1.54, 1.807) is 24.3 Å². The number of hydroxylamine groups is 1. The van der Waals surface area contributed by atoms with Crippen molar-refractivity contribution in [3.8, 4) is 0 Å². The molecule has 4 rings (SSSR count). The third-order valence-corrected chi connectivity index (χ3v) is 5.17. The summed E-state index contributed by atoms with van der Waals surface area (Å²) in [7, 11) is 0. The highest BCUT2D eigenvalue weighted by Crippen LogP contribution is 2.30. The fraction of sp³-hybridized carbons (Fsp3) is 0.217. The summed E-state index contributed by atoms with van der Waals surface area (Å²) in [6, 6.07) is 13.0. The van der Waals surface area contributed by atoms with Crippen molar-refractivity contribution in [2.45, 2.75) is 18.8 Å². The highest BCUT2D eigenvalue weighted by Gasteiger charge is 2.26. The molecule has 0 bridgehead atoms. The maximum atomic E-state index is 12.6. The molecular formula is C23H22N4O4. The zero-order chi connectivity index (χ0) is 21.6. The molecule has 8 nitrogen and oxygen atoms in total. The molecule has 2 aromatic heterocycles. The van der Waals surface area contributed by atoms with Crippen LogP contribution in [0.15, 0.2) is 59.0 Å². The molecule has 0 spiro atoms. The molecule has 0 unspecified atom stereocenters. The predicted molar refractivity (Wildman–Crippen MR) is 115 cm³/mol. The van der Waals surface area contributed by atoms with Crippen LogP contribution in [-0.4, -0.2) is 45.0 Å². The van der Waals surface area contributed by atoms with E-state index in [-0.39, 0.29) is 11.8 Å². The molecule has 3 aromatic rings. The minimum Gasteiger partial charge on any atom is -0.440 e. The summed E-state index contributed by atoms with van der Waals surface area (Å²) >= 11 is 0. The number of piperidine rings is 1. The quantitative estimate of drug-likeness (QED) is 0.374. The van der Waals surface area contributed by atoms with Crippen molar-refractivity contribution in [3.05, 3.63) is 71.9 Å². The Morgan fingerprint density at radius 2 is 1.71 bits per heavy atom. The summed E-state index contributed by atoms with van der Waals surface area (Å²) in [4.78, 5) is 34.4. The van der Waals surface area contributed by atoms with Gasteiger partial charge in [0.2, 0.25) is 5.91 Å². The third-order valence-electron chi connectivity index (χ3n) is 5.17. The van der Waals surface area contributed by atoms with Crippen LogP contribution in [0.5, 0.6) is 0 Å². The lowest BCUT2D eigenvalue weighted by molar-refractivity contribution is -0.127. The van der Waals surface area contributed by atoms with Gasteiger partial charge in [-0.15, -0.1) is 0 Å². The van der Waals surface area contributed by atoms with Crippen molar-refractivity contribution >= 4 is 35.1 Å². The van der Waals surface area contributed by atoms with Crippen LogP contribution >= 0.6 is 0 Å². The van der Waals surface area contributed by atoms with Crippen LogP contribution in [0.2, 0.25) is 0 Å². The standard InChI is InChI=1S/C23H22N4O4/c28-21(26-30)10-8-17-4-3-5-18(24-17)9-11-22(29)27-14-12-16(13-15-27)23-25-19-6-1-2-7-20(19)31-23/h1-11,16,30H,12-15H2,(H,26,28)/b10-8+,11-9+. The second-order valence-electron chi connectivity index (χ2n) is 7.25. The zero-order valence-corrected chi connectivity index (χ0v) is 16.8. The van der Waals surface area contributed by atoms with Gasteiger partial charge in [0.25, 0.3) is 5.91 Å². The zero-order valence-electron chi connectivity index (χ0n) is 16.8. The van der Waals surface area contributed by atoms with E-state index in [0.29, 0.717) is 24.5 Å². The molecule has 1 saturated heterocycles. The molecule has 1 aliphatic heterocycles. The van der Waals surface area contributed by atoms with Gasteiger partial charge in [0.15, 0.2) is 11.5 Å². The van der Waals surface area contributed by atoms with Gasteiger partial charge in [-0.1, -0.05) is 18.2 Å². The summed E-state index contributed by atoms with van der Waals surface area (Å²) in [5, 5.41) is 8.52. The van der Waals surface area contributed by atoms with Crippen molar-refractivity contribution in [2.24, 2.45) is 0 Å². The number of nitrogens with zero attached hydrogens (tertiary/aromatic N) is 3. The van der Waals surface area contributed by atoms with E-state index >= 15 is 0 Å². The molecule has 3 heterocycles. The largest absolute Gasteiger partial charge is 0.440 e. The number of rotatable bonds is 5. The maximum absolute atomic E-state index is 12.6. The topological polar surface area (TPSA) is 109 Å². The second kappa shape index (κ2) is 9.36. The lowest BCUT2D eigenvalue weighted by Crippen LogP contribution is -2.36. The molecule has 1 aromatic carbocycles. The van der Waals surface area contributed by atoms with Crippen LogP contribution in [0.25, 0.3) is 23.3 Å². The number of nitrogens with one attached hydrogen (secondary N) is 1. The Labute approximate surface area is 178 Å². The first-order valence-electron chi connectivity index (χ1n) is 10.0. The number of hydrogen-bond acceptors (Lipinski definition) is 6. The average molecular weight is 418 g/mol. The van der Waals surface area contributed by atoms with Gasteiger partial charge < -0.3 is 9.32 Å². The number of benzene rings is 1. The van der Waals surface area contributed by atoms with Gasteiger partial charge in [-0.05, 0) is 49.3 Å². The molecule has 0 aliphatic carbocycles. The summed E-state index contributed by atoms with van der Waals surface area (Å²) in [6.07, 6.45) is 7.41. The number of amides is 2. The average Bonchev–Trinajstić information content (AvgIpc) is 3.26. The fourth-order valence-electron chi connectivity index (χ4n) is 3.53. The molecule has 2 amide bonds. The van der Waals surface area contributed by atoms with E-state index in [0.717, 1.165) is 29.8 Å². The molecule has 158 valence electrons. The highest BCUT2D eigenvalue weighted by atomic mass is 16.5. The van der Waals surface area contributed by atoms with Crippen LogP contribution in [-0.2, 0) is 9.59 Å². The van der Waals surface area contributed by atoms with Crippen molar-refractivity contribution in [1.82, 2.24) is 20.3 Å². The Morgan fingerprint density at radius 1 is 1.00 bits per heavy atom. The number of para-hydroxylation sites is 2.